The van der Waals surface area contributed by atoms with Gasteiger partial charge in [-0.1, -0.05) is 30.3 Å². The number of amides is 2. The molecular formula is C15H21N3O3. The molecule has 1 aromatic carbocycles. The minimum atomic E-state index is -1.30. The Morgan fingerprint density at radius 2 is 2.14 bits per heavy atom. The molecule has 2 unspecified atom stereocenters. The van der Waals surface area contributed by atoms with Gasteiger partial charge in [0.2, 0.25) is 5.91 Å². The lowest BCUT2D eigenvalue weighted by atomic mass is 9.95. The number of nitrogens with one attached hydrogen (secondary N) is 2. The molecule has 0 aromatic heterocycles. The van der Waals surface area contributed by atoms with Gasteiger partial charge in [0, 0.05) is 25.0 Å². The maximum atomic E-state index is 11.9. The lowest BCUT2D eigenvalue weighted by Crippen LogP contribution is -2.47. The van der Waals surface area contributed by atoms with E-state index < -0.39 is 18.1 Å². The van der Waals surface area contributed by atoms with Crippen LogP contribution < -0.4 is 16.4 Å². The van der Waals surface area contributed by atoms with Crippen LogP contribution in [0.4, 0.5) is 0 Å². The van der Waals surface area contributed by atoms with Gasteiger partial charge in [-0.25, -0.2) is 0 Å². The van der Waals surface area contributed by atoms with Crippen LogP contribution in [0.3, 0.4) is 0 Å². The fourth-order valence-corrected chi connectivity index (χ4v) is 2.41. The summed E-state index contributed by atoms with van der Waals surface area (Å²) in [6.07, 6.45) is -0.293. The van der Waals surface area contributed by atoms with Crippen molar-refractivity contribution in [2.75, 3.05) is 6.54 Å². The van der Waals surface area contributed by atoms with Gasteiger partial charge < -0.3 is 21.5 Å². The molecule has 1 aliphatic heterocycles. The number of benzene rings is 1. The number of carbonyl (C=O) groups excluding carboxylic acids is 2. The highest BCUT2D eigenvalue weighted by Gasteiger charge is 2.31. The molecule has 0 saturated carbocycles. The van der Waals surface area contributed by atoms with Gasteiger partial charge in [0.1, 0.15) is 6.10 Å². The molecule has 6 nitrogen and oxygen atoms in total. The first kappa shape index (κ1) is 15.5. The van der Waals surface area contributed by atoms with Gasteiger partial charge in [-0.3, -0.25) is 9.59 Å². The van der Waals surface area contributed by atoms with E-state index in [4.69, 9.17) is 5.73 Å². The van der Waals surface area contributed by atoms with Gasteiger partial charge in [-0.05, 0) is 18.4 Å². The highest BCUT2D eigenvalue weighted by Crippen LogP contribution is 2.16. The van der Waals surface area contributed by atoms with Crippen molar-refractivity contribution in [2.45, 2.75) is 31.5 Å². The van der Waals surface area contributed by atoms with Gasteiger partial charge in [0.05, 0.1) is 0 Å². The molecule has 0 aliphatic carbocycles. The normalized spacial score (nSPS) is 20.7. The standard InChI is InChI=1S/C15H21N3O3/c16-12(8-11-6-7-17-14(11)20)13(19)15(21)18-9-10-4-2-1-3-5-10/h1-5,11-13,19H,6-9,16H2,(H,17,20)(H,18,21)/t11?,12-,13?/m0/s1. The third-order valence-corrected chi connectivity index (χ3v) is 3.70. The van der Waals surface area contributed by atoms with Crippen LogP contribution in [-0.4, -0.2) is 35.6 Å². The summed E-state index contributed by atoms with van der Waals surface area (Å²) in [5.74, 6) is -0.774. The van der Waals surface area contributed by atoms with Crippen LogP contribution in [0.2, 0.25) is 0 Å². The maximum absolute atomic E-state index is 11.9. The molecule has 1 fully saturated rings. The number of carbonyl (C=O) groups is 2. The van der Waals surface area contributed by atoms with Crippen molar-refractivity contribution in [3.8, 4) is 0 Å². The maximum Gasteiger partial charge on any atom is 0.250 e. The molecule has 21 heavy (non-hydrogen) atoms. The third kappa shape index (κ3) is 4.27. The van der Waals surface area contributed by atoms with Crippen molar-refractivity contribution < 1.29 is 14.7 Å². The summed E-state index contributed by atoms with van der Waals surface area (Å²) in [5.41, 5.74) is 6.78. The SMILES string of the molecule is N[C@@H](CC1CCNC1=O)C(O)C(=O)NCc1ccccc1. The molecule has 1 saturated heterocycles. The van der Waals surface area contributed by atoms with Crippen molar-refractivity contribution in [2.24, 2.45) is 11.7 Å². The topological polar surface area (TPSA) is 104 Å². The van der Waals surface area contributed by atoms with Crippen LogP contribution in [0.15, 0.2) is 30.3 Å². The van der Waals surface area contributed by atoms with Crippen LogP contribution in [0.1, 0.15) is 18.4 Å². The van der Waals surface area contributed by atoms with Crippen LogP contribution >= 0.6 is 0 Å². The summed E-state index contributed by atoms with van der Waals surface area (Å²) < 4.78 is 0. The van der Waals surface area contributed by atoms with E-state index in [1.54, 1.807) is 0 Å². The molecule has 0 bridgehead atoms. The molecule has 6 heteroatoms. The van der Waals surface area contributed by atoms with Crippen molar-refractivity contribution in [1.29, 1.82) is 0 Å². The number of nitrogens with two attached hydrogens (primary N) is 1. The number of hydrogen-bond donors (Lipinski definition) is 4. The molecule has 1 aromatic rings. The molecule has 1 heterocycles. The second kappa shape index (κ2) is 7.19. The predicted molar refractivity (Wildman–Crippen MR) is 78.0 cm³/mol. The van der Waals surface area contributed by atoms with Crippen molar-refractivity contribution >= 4 is 11.8 Å². The Morgan fingerprint density at radius 3 is 2.76 bits per heavy atom. The Morgan fingerprint density at radius 1 is 1.43 bits per heavy atom. The van der Waals surface area contributed by atoms with Gasteiger partial charge in [0.15, 0.2) is 0 Å². The third-order valence-electron chi connectivity index (χ3n) is 3.70. The fourth-order valence-electron chi connectivity index (χ4n) is 2.41. The number of aliphatic hydroxyl groups is 1. The highest BCUT2D eigenvalue weighted by atomic mass is 16.3. The average molecular weight is 291 g/mol. The average Bonchev–Trinajstić information content (AvgIpc) is 2.90. The van der Waals surface area contributed by atoms with E-state index in [0.29, 0.717) is 25.9 Å². The fraction of sp³-hybridized carbons (Fsp3) is 0.467. The van der Waals surface area contributed by atoms with Gasteiger partial charge in [0.25, 0.3) is 5.91 Å². The number of hydrogen-bond acceptors (Lipinski definition) is 4. The predicted octanol–water partition coefficient (Wildman–Crippen LogP) is -0.483. The molecule has 1 aliphatic rings. The van der Waals surface area contributed by atoms with Crippen LogP contribution in [-0.2, 0) is 16.1 Å². The van der Waals surface area contributed by atoms with Crippen LogP contribution in [0.5, 0.6) is 0 Å². The zero-order chi connectivity index (χ0) is 15.2. The monoisotopic (exact) mass is 291 g/mol. The second-order valence-corrected chi connectivity index (χ2v) is 5.32. The second-order valence-electron chi connectivity index (χ2n) is 5.32. The Kier molecular flexibility index (Phi) is 5.30. The van der Waals surface area contributed by atoms with Crippen molar-refractivity contribution in [3.05, 3.63) is 35.9 Å². The first-order valence-electron chi connectivity index (χ1n) is 7.11. The van der Waals surface area contributed by atoms with E-state index in [9.17, 15) is 14.7 Å². The quantitative estimate of drug-likeness (QED) is 0.568. The van der Waals surface area contributed by atoms with Crippen molar-refractivity contribution in [3.63, 3.8) is 0 Å². The number of aliphatic hydroxyl groups excluding tert-OH is 1. The van der Waals surface area contributed by atoms with Crippen LogP contribution in [0, 0.1) is 5.92 Å². The Balaban J connectivity index is 1.79. The molecule has 0 radical (unpaired) electrons. The molecule has 2 amide bonds. The van der Waals surface area contributed by atoms with Crippen molar-refractivity contribution in [1.82, 2.24) is 10.6 Å². The molecule has 2 rings (SSSR count). The largest absolute Gasteiger partial charge is 0.382 e. The van der Waals surface area contributed by atoms with Gasteiger partial charge in [-0.15, -0.1) is 0 Å². The zero-order valence-corrected chi connectivity index (χ0v) is 11.8. The van der Waals surface area contributed by atoms with E-state index in [2.05, 4.69) is 10.6 Å². The molecular weight excluding hydrogens is 270 g/mol. The minimum Gasteiger partial charge on any atom is -0.382 e. The number of rotatable bonds is 6. The smallest absolute Gasteiger partial charge is 0.250 e. The van der Waals surface area contributed by atoms with E-state index in [-0.39, 0.29) is 11.8 Å². The van der Waals surface area contributed by atoms with E-state index in [1.807, 2.05) is 30.3 Å². The summed E-state index contributed by atoms with van der Waals surface area (Å²) in [6, 6.07) is 8.67. The Hall–Kier alpha value is -1.92. The summed E-state index contributed by atoms with van der Waals surface area (Å²) in [7, 11) is 0. The molecule has 5 N–H and O–H groups in total. The summed E-state index contributed by atoms with van der Waals surface area (Å²) in [4.78, 5) is 23.3. The first-order chi connectivity index (χ1) is 10.1. The van der Waals surface area contributed by atoms with Gasteiger partial charge in [-0.2, -0.15) is 0 Å². The lowest BCUT2D eigenvalue weighted by molar-refractivity contribution is -0.131. The van der Waals surface area contributed by atoms with Crippen LogP contribution in [0.25, 0.3) is 0 Å². The Labute approximate surface area is 123 Å². The first-order valence-corrected chi connectivity index (χ1v) is 7.11. The molecule has 3 atom stereocenters. The van der Waals surface area contributed by atoms with E-state index in [1.165, 1.54) is 0 Å². The summed E-state index contributed by atoms with van der Waals surface area (Å²) >= 11 is 0. The Bertz CT molecular complexity index is 492. The molecule has 0 spiro atoms. The minimum absolute atomic E-state index is 0.0534. The van der Waals surface area contributed by atoms with E-state index >= 15 is 0 Å². The summed E-state index contributed by atoms with van der Waals surface area (Å²) in [5, 5.41) is 15.3. The lowest BCUT2D eigenvalue weighted by Gasteiger charge is -2.20. The highest BCUT2D eigenvalue weighted by molar-refractivity contribution is 5.82. The zero-order valence-electron chi connectivity index (χ0n) is 11.8. The molecule has 114 valence electrons. The van der Waals surface area contributed by atoms with Gasteiger partial charge >= 0.3 is 0 Å². The summed E-state index contributed by atoms with van der Waals surface area (Å²) in [6.45, 7) is 0.972. The van der Waals surface area contributed by atoms with E-state index in [0.717, 1.165) is 5.56 Å².